The van der Waals surface area contributed by atoms with E-state index in [0.29, 0.717) is 16.3 Å². The third-order valence-electron chi connectivity index (χ3n) is 4.20. The third-order valence-corrected chi connectivity index (χ3v) is 4.44. The lowest BCUT2D eigenvalue weighted by molar-refractivity contribution is 0.102. The van der Waals surface area contributed by atoms with Gasteiger partial charge in [0, 0.05) is 22.6 Å². The van der Waals surface area contributed by atoms with Gasteiger partial charge in [0.15, 0.2) is 0 Å². The van der Waals surface area contributed by atoms with Gasteiger partial charge in [0.2, 0.25) is 0 Å². The van der Waals surface area contributed by atoms with Crippen molar-refractivity contribution in [2.75, 3.05) is 5.32 Å². The molecule has 4 heteroatoms. The number of anilines is 1. The Morgan fingerprint density at radius 1 is 1.27 bits per heavy atom. The Labute approximate surface area is 135 Å². The number of nitrogens with zero attached hydrogens (tertiary/aromatic N) is 1. The van der Waals surface area contributed by atoms with Crippen LogP contribution in [0, 0.1) is 5.92 Å². The molecule has 114 valence electrons. The maximum Gasteiger partial charge on any atom is 0.257 e. The molecule has 1 saturated carbocycles. The lowest BCUT2D eigenvalue weighted by Crippen LogP contribution is -2.13. The lowest BCUT2D eigenvalue weighted by Gasteiger charge is -2.24. The van der Waals surface area contributed by atoms with Crippen molar-refractivity contribution < 1.29 is 4.79 Å². The first kappa shape index (κ1) is 15.0. The van der Waals surface area contributed by atoms with E-state index in [1.165, 1.54) is 25.7 Å². The van der Waals surface area contributed by atoms with E-state index in [9.17, 15) is 4.79 Å². The number of carbonyl (C=O) groups excluding carboxylic acids is 1. The second-order valence-electron chi connectivity index (χ2n) is 5.84. The number of aromatic nitrogens is 1. The molecule has 1 fully saturated rings. The number of carbonyl (C=O) groups is 1. The number of rotatable bonds is 5. The van der Waals surface area contributed by atoms with Crippen LogP contribution in [0.4, 0.5) is 5.69 Å². The van der Waals surface area contributed by atoms with Crippen LogP contribution in [0.2, 0.25) is 5.02 Å². The molecule has 1 heterocycles. The van der Waals surface area contributed by atoms with Crippen LogP contribution in [-0.4, -0.2) is 10.9 Å². The van der Waals surface area contributed by atoms with E-state index in [4.69, 9.17) is 11.6 Å². The highest BCUT2D eigenvalue weighted by molar-refractivity contribution is 6.30. The minimum absolute atomic E-state index is 0.166. The predicted octanol–water partition coefficient (Wildman–Crippen LogP) is 4.72. The van der Waals surface area contributed by atoms with Gasteiger partial charge < -0.3 is 5.32 Å². The number of hydrogen-bond acceptors (Lipinski definition) is 2. The topological polar surface area (TPSA) is 42.0 Å². The summed E-state index contributed by atoms with van der Waals surface area (Å²) in [4.78, 5) is 16.6. The summed E-state index contributed by atoms with van der Waals surface area (Å²) in [5.41, 5.74) is 2.31. The summed E-state index contributed by atoms with van der Waals surface area (Å²) >= 11 is 5.91. The largest absolute Gasteiger partial charge is 0.322 e. The first-order valence-corrected chi connectivity index (χ1v) is 8.10. The number of nitrogens with one attached hydrogen (secondary N) is 1. The summed E-state index contributed by atoms with van der Waals surface area (Å²) in [6.07, 6.45) is 7.96. The predicted molar refractivity (Wildman–Crippen MR) is 89.3 cm³/mol. The fourth-order valence-electron chi connectivity index (χ4n) is 2.61. The summed E-state index contributed by atoms with van der Waals surface area (Å²) in [7, 11) is 0. The Kier molecular flexibility index (Phi) is 4.74. The van der Waals surface area contributed by atoms with Gasteiger partial charge in [0.1, 0.15) is 0 Å². The van der Waals surface area contributed by atoms with Gasteiger partial charge in [-0.25, -0.2) is 0 Å². The maximum absolute atomic E-state index is 12.2. The molecule has 2 aromatic rings. The molecule has 0 spiro atoms. The molecule has 0 atom stereocenters. The Morgan fingerprint density at radius 2 is 2.14 bits per heavy atom. The number of hydrogen-bond donors (Lipinski definition) is 1. The van der Waals surface area contributed by atoms with Crippen molar-refractivity contribution in [2.24, 2.45) is 5.92 Å². The lowest BCUT2D eigenvalue weighted by atomic mass is 9.82. The molecule has 1 N–H and O–H groups in total. The van der Waals surface area contributed by atoms with Crippen LogP contribution in [0.25, 0.3) is 0 Å². The van der Waals surface area contributed by atoms with E-state index in [0.717, 1.165) is 18.0 Å². The van der Waals surface area contributed by atoms with Gasteiger partial charge in [-0.2, -0.15) is 0 Å². The Hall–Kier alpha value is -1.87. The van der Waals surface area contributed by atoms with Crippen LogP contribution in [0.15, 0.2) is 42.6 Å². The molecule has 1 aromatic heterocycles. The minimum Gasteiger partial charge on any atom is -0.322 e. The molecule has 0 saturated heterocycles. The quantitative estimate of drug-likeness (QED) is 0.867. The zero-order valence-corrected chi connectivity index (χ0v) is 13.1. The zero-order valence-electron chi connectivity index (χ0n) is 12.4. The third kappa shape index (κ3) is 3.86. The van der Waals surface area contributed by atoms with Gasteiger partial charge >= 0.3 is 0 Å². The Balaban J connectivity index is 1.58. The number of benzene rings is 1. The van der Waals surface area contributed by atoms with Crippen LogP contribution in [0.3, 0.4) is 0 Å². The molecule has 0 bridgehead atoms. The van der Waals surface area contributed by atoms with Gasteiger partial charge in [-0.15, -0.1) is 0 Å². The Morgan fingerprint density at radius 3 is 2.77 bits per heavy atom. The molecule has 22 heavy (non-hydrogen) atoms. The van der Waals surface area contributed by atoms with E-state index in [1.807, 2.05) is 18.2 Å². The van der Waals surface area contributed by atoms with Gasteiger partial charge in [0.25, 0.3) is 5.91 Å². The van der Waals surface area contributed by atoms with E-state index in [2.05, 4.69) is 10.3 Å². The van der Waals surface area contributed by atoms with Crippen LogP contribution in [0.1, 0.15) is 41.7 Å². The summed E-state index contributed by atoms with van der Waals surface area (Å²) in [5.74, 6) is 0.716. The molecule has 1 aromatic carbocycles. The van der Waals surface area contributed by atoms with E-state index >= 15 is 0 Å². The number of pyridine rings is 1. The van der Waals surface area contributed by atoms with Crippen LogP contribution in [-0.2, 0) is 6.42 Å². The highest BCUT2D eigenvalue weighted by Gasteiger charge is 2.17. The van der Waals surface area contributed by atoms with Crippen molar-refractivity contribution in [1.82, 2.24) is 4.98 Å². The molecule has 3 nitrogen and oxygen atoms in total. The first-order chi connectivity index (χ1) is 10.7. The second kappa shape index (κ2) is 6.93. The number of amides is 1. The van der Waals surface area contributed by atoms with E-state index in [-0.39, 0.29) is 5.91 Å². The zero-order chi connectivity index (χ0) is 15.4. The molecule has 0 unspecified atom stereocenters. The van der Waals surface area contributed by atoms with Crippen molar-refractivity contribution in [2.45, 2.75) is 32.1 Å². The minimum atomic E-state index is -0.166. The molecule has 0 radical (unpaired) electrons. The first-order valence-electron chi connectivity index (χ1n) is 7.72. The highest BCUT2D eigenvalue weighted by Crippen LogP contribution is 2.30. The summed E-state index contributed by atoms with van der Waals surface area (Å²) in [6.45, 7) is 0. The highest BCUT2D eigenvalue weighted by atomic mass is 35.5. The van der Waals surface area contributed by atoms with Gasteiger partial charge in [-0.3, -0.25) is 9.78 Å². The molecular weight excluding hydrogens is 296 g/mol. The fourth-order valence-corrected chi connectivity index (χ4v) is 2.80. The van der Waals surface area contributed by atoms with Crippen LogP contribution < -0.4 is 5.32 Å². The summed E-state index contributed by atoms with van der Waals surface area (Å²) in [5, 5.41) is 3.42. The van der Waals surface area contributed by atoms with Crippen molar-refractivity contribution in [1.29, 1.82) is 0 Å². The number of halogens is 1. The van der Waals surface area contributed by atoms with Gasteiger partial charge in [0.05, 0.1) is 5.56 Å². The molecule has 0 aliphatic heterocycles. The van der Waals surface area contributed by atoms with Crippen LogP contribution in [0.5, 0.6) is 0 Å². The van der Waals surface area contributed by atoms with Gasteiger partial charge in [-0.05, 0) is 49.1 Å². The van der Waals surface area contributed by atoms with E-state index < -0.39 is 0 Å². The van der Waals surface area contributed by atoms with Crippen molar-refractivity contribution in [3.05, 3.63) is 58.9 Å². The standard InChI is InChI=1S/C18H19ClN2O/c19-15-5-2-6-17(11-15)21-18(22)14-8-10-16(20-12-14)9-7-13-3-1-4-13/h2,5-6,8,10-13H,1,3-4,7,9H2,(H,21,22). The van der Waals surface area contributed by atoms with Crippen molar-refractivity contribution in [3.63, 3.8) is 0 Å². The Bertz CT molecular complexity index is 650. The van der Waals surface area contributed by atoms with E-state index in [1.54, 1.807) is 24.4 Å². The average molecular weight is 315 g/mol. The molecule has 3 rings (SSSR count). The molecular formula is C18H19ClN2O. The summed E-state index contributed by atoms with van der Waals surface area (Å²) < 4.78 is 0. The monoisotopic (exact) mass is 314 g/mol. The molecule has 1 aliphatic rings. The molecule has 1 amide bonds. The van der Waals surface area contributed by atoms with Gasteiger partial charge in [-0.1, -0.05) is 36.9 Å². The maximum atomic E-state index is 12.2. The summed E-state index contributed by atoms with van der Waals surface area (Å²) in [6, 6.07) is 10.9. The normalized spacial score (nSPS) is 14.4. The average Bonchev–Trinajstić information content (AvgIpc) is 2.46. The number of aryl methyl sites for hydroxylation is 1. The fraction of sp³-hybridized carbons (Fsp3) is 0.333. The SMILES string of the molecule is O=C(Nc1cccc(Cl)c1)c1ccc(CCC2CCC2)nc1. The van der Waals surface area contributed by atoms with Crippen molar-refractivity contribution >= 4 is 23.2 Å². The van der Waals surface area contributed by atoms with Crippen LogP contribution >= 0.6 is 11.6 Å². The smallest absolute Gasteiger partial charge is 0.257 e. The van der Waals surface area contributed by atoms with Crippen molar-refractivity contribution in [3.8, 4) is 0 Å². The second-order valence-corrected chi connectivity index (χ2v) is 6.27. The molecule has 1 aliphatic carbocycles.